The molecule has 146 valence electrons. The molecule has 2 rings (SSSR count). The number of H-pyrrole nitrogens is 1. The molecular weight excluding hydrogens is 361 g/mol. The van der Waals surface area contributed by atoms with Gasteiger partial charge in [-0.1, -0.05) is 12.1 Å². The molecule has 0 aliphatic rings. The fourth-order valence-corrected chi connectivity index (χ4v) is 2.68. The fraction of sp³-hybridized carbons (Fsp3) is 0.368. The van der Waals surface area contributed by atoms with Gasteiger partial charge in [0.1, 0.15) is 5.69 Å². The highest BCUT2D eigenvalue weighted by Gasteiger charge is 2.30. The third kappa shape index (κ3) is 4.90. The number of benzene rings is 1. The summed E-state index contributed by atoms with van der Waals surface area (Å²) in [6.07, 6.45) is -4.75. The van der Waals surface area contributed by atoms with Gasteiger partial charge in [-0.15, -0.1) is 0 Å². The second-order valence-corrected chi connectivity index (χ2v) is 6.46. The van der Waals surface area contributed by atoms with Crippen LogP contribution >= 0.6 is 0 Å². The summed E-state index contributed by atoms with van der Waals surface area (Å²) in [6, 6.07) is 4.73. The van der Waals surface area contributed by atoms with Crippen LogP contribution < -0.4 is 5.32 Å². The van der Waals surface area contributed by atoms with Crippen LogP contribution in [-0.2, 0) is 17.5 Å². The zero-order valence-electron chi connectivity index (χ0n) is 15.5. The van der Waals surface area contributed by atoms with Crippen LogP contribution in [0.1, 0.15) is 57.1 Å². The summed E-state index contributed by atoms with van der Waals surface area (Å²) in [7, 11) is 0. The van der Waals surface area contributed by atoms with E-state index in [1.54, 1.807) is 27.7 Å². The number of carbonyl (C=O) groups excluding carboxylic acids is 2. The Hall–Kier alpha value is -2.77. The van der Waals surface area contributed by atoms with Crippen molar-refractivity contribution in [3.63, 3.8) is 0 Å². The lowest BCUT2D eigenvalue weighted by atomic mass is 10.1. The number of nitrogens with one attached hydrogen (secondary N) is 2. The minimum Gasteiger partial charge on any atom is -0.459 e. The quantitative estimate of drug-likeness (QED) is 0.764. The van der Waals surface area contributed by atoms with Gasteiger partial charge in [-0.2, -0.15) is 13.2 Å². The minimum absolute atomic E-state index is 0.0773. The molecule has 0 saturated carbocycles. The van der Waals surface area contributed by atoms with E-state index in [4.69, 9.17) is 4.74 Å². The maximum absolute atomic E-state index is 12.8. The summed E-state index contributed by atoms with van der Waals surface area (Å²) in [5, 5.41) is 2.57. The highest BCUT2D eigenvalue weighted by molar-refractivity contribution is 6.00. The second-order valence-electron chi connectivity index (χ2n) is 6.46. The highest BCUT2D eigenvalue weighted by Crippen LogP contribution is 2.29. The lowest BCUT2D eigenvalue weighted by molar-refractivity contribution is -0.137. The van der Waals surface area contributed by atoms with E-state index in [1.165, 1.54) is 12.1 Å². The van der Waals surface area contributed by atoms with Crippen LogP contribution in [-0.4, -0.2) is 23.0 Å². The Labute approximate surface area is 154 Å². The van der Waals surface area contributed by atoms with Gasteiger partial charge >= 0.3 is 12.1 Å². The molecule has 2 N–H and O–H groups in total. The molecule has 5 nitrogen and oxygen atoms in total. The van der Waals surface area contributed by atoms with Crippen LogP contribution in [0.15, 0.2) is 24.3 Å². The Balaban J connectivity index is 2.14. The standard InChI is InChI=1S/C19H21F3N2O3/c1-10(2)27-18(26)15-11(3)16(24-12(15)4)17(25)23-9-13-6-5-7-14(8-13)19(20,21)22/h5-8,10,24H,9H2,1-4H3,(H,23,25). The molecule has 0 radical (unpaired) electrons. The third-order valence-corrected chi connectivity index (χ3v) is 3.92. The molecule has 0 atom stereocenters. The molecule has 27 heavy (non-hydrogen) atoms. The molecule has 0 unspecified atom stereocenters. The molecule has 1 amide bonds. The van der Waals surface area contributed by atoms with Crippen molar-refractivity contribution in [3.05, 3.63) is 57.9 Å². The van der Waals surface area contributed by atoms with Crippen LogP contribution in [0.4, 0.5) is 13.2 Å². The summed E-state index contributed by atoms with van der Waals surface area (Å²) in [5.41, 5.74) is 0.920. The number of amides is 1. The van der Waals surface area contributed by atoms with Gasteiger partial charge < -0.3 is 15.0 Å². The van der Waals surface area contributed by atoms with Gasteiger partial charge in [-0.05, 0) is 51.0 Å². The number of aryl methyl sites for hydroxylation is 1. The first-order valence-electron chi connectivity index (χ1n) is 8.35. The van der Waals surface area contributed by atoms with Crippen LogP contribution in [0, 0.1) is 13.8 Å². The average Bonchev–Trinajstić information content (AvgIpc) is 2.86. The summed E-state index contributed by atoms with van der Waals surface area (Å²) in [4.78, 5) is 27.4. The van der Waals surface area contributed by atoms with Crippen molar-refractivity contribution in [1.82, 2.24) is 10.3 Å². The molecule has 0 aliphatic carbocycles. The number of alkyl halides is 3. The van der Waals surface area contributed by atoms with Crippen molar-refractivity contribution in [2.45, 2.75) is 46.5 Å². The largest absolute Gasteiger partial charge is 0.459 e. The SMILES string of the molecule is Cc1[nH]c(C(=O)NCc2cccc(C(F)(F)F)c2)c(C)c1C(=O)OC(C)C. The maximum atomic E-state index is 12.8. The molecule has 1 aromatic carbocycles. The van der Waals surface area contributed by atoms with E-state index in [0.29, 0.717) is 16.8 Å². The van der Waals surface area contributed by atoms with E-state index in [9.17, 15) is 22.8 Å². The Morgan fingerprint density at radius 3 is 2.48 bits per heavy atom. The Kier molecular flexibility index (Phi) is 5.98. The van der Waals surface area contributed by atoms with E-state index < -0.39 is 23.6 Å². The number of aromatic nitrogens is 1. The van der Waals surface area contributed by atoms with Gasteiger partial charge in [0.05, 0.1) is 17.2 Å². The summed E-state index contributed by atoms with van der Waals surface area (Å²) in [6.45, 7) is 6.62. The molecule has 0 saturated heterocycles. The van der Waals surface area contributed by atoms with E-state index >= 15 is 0 Å². The summed E-state index contributed by atoms with van der Waals surface area (Å²) in [5.74, 6) is -1.05. The van der Waals surface area contributed by atoms with Gasteiger partial charge in [0.2, 0.25) is 0 Å². The van der Waals surface area contributed by atoms with E-state index in [1.807, 2.05) is 0 Å². The van der Waals surface area contributed by atoms with Crippen molar-refractivity contribution in [2.24, 2.45) is 0 Å². The maximum Gasteiger partial charge on any atom is 0.416 e. The monoisotopic (exact) mass is 382 g/mol. The zero-order chi connectivity index (χ0) is 20.4. The number of ether oxygens (including phenoxy) is 1. The second kappa shape index (κ2) is 7.85. The minimum atomic E-state index is -4.45. The molecule has 1 aromatic heterocycles. The first-order chi connectivity index (χ1) is 12.5. The molecule has 0 fully saturated rings. The Morgan fingerprint density at radius 2 is 1.89 bits per heavy atom. The molecule has 0 bridgehead atoms. The fourth-order valence-electron chi connectivity index (χ4n) is 2.68. The van der Waals surface area contributed by atoms with Gasteiger partial charge in [0.25, 0.3) is 5.91 Å². The molecule has 2 aromatic rings. The van der Waals surface area contributed by atoms with Crippen molar-refractivity contribution in [1.29, 1.82) is 0 Å². The normalized spacial score (nSPS) is 11.6. The number of hydrogen-bond donors (Lipinski definition) is 2. The first-order valence-corrected chi connectivity index (χ1v) is 8.35. The molecule has 0 aliphatic heterocycles. The van der Waals surface area contributed by atoms with Gasteiger partial charge in [-0.25, -0.2) is 4.79 Å². The van der Waals surface area contributed by atoms with Crippen molar-refractivity contribution >= 4 is 11.9 Å². The predicted octanol–water partition coefficient (Wildman–Crippen LogP) is 4.15. The number of esters is 1. The van der Waals surface area contributed by atoms with Crippen molar-refractivity contribution in [3.8, 4) is 0 Å². The van der Waals surface area contributed by atoms with Crippen LogP contribution in [0.2, 0.25) is 0 Å². The summed E-state index contributed by atoms with van der Waals surface area (Å²) < 4.78 is 43.5. The van der Waals surface area contributed by atoms with E-state index in [2.05, 4.69) is 10.3 Å². The van der Waals surface area contributed by atoms with Gasteiger partial charge in [-0.3, -0.25) is 4.79 Å². The molecule has 0 spiro atoms. The molecule has 1 heterocycles. The number of halogens is 3. The van der Waals surface area contributed by atoms with Crippen molar-refractivity contribution < 1.29 is 27.5 Å². The van der Waals surface area contributed by atoms with Gasteiger partial charge in [0, 0.05) is 12.2 Å². The lowest BCUT2D eigenvalue weighted by Gasteiger charge is -2.10. The predicted molar refractivity (Wildman–Crippen MR) is 93.4 cm³/mol. The molecular formula is C19H21F3N2O3. The van der Waals surface area contributed by atoms with Crippen LogP contribution in [0.5, 0.6) is 0 Å². The third-order valence-electron chi connectivity index (χ3n) is 3.92. The molecule has 8 heteroatoms. The average molecular weight is 382 g/mol. The number of aromatic amines is 1. The lowest BCUT2D eigenvalue weighted by Crippen LogP contribution is -2.24. The van der Waals surface area contributed by atoms with Crippen molar-refractivity contribution in [2.75, 3.05) is 0 Å². The Morgan fingerprint density at radius 1 is 1.22 bits per heavy atom. The van der Waals surface area contributed by atoms with Crippen LogP contribution in [0.25, 0.3) is 0 Å². The first kappa shape index (κ1) is 20.5. The van der Waals surface area contributed by atoms with E-state index in [0.717, 1.165) is 12.1 Å². The number of carbonyl (C=O) groups is 2. The van der Waals surface area contributed by atoms with Crippen LogP contribution in [0.3, 0.4) is 0 Å². The number of hydrogen-bond acceptors (Lipinski definition) is 3. The topological polar surface area (TPSA) is 71.2 Å². The number of rotatable bonds is 5. The summed E-state index contributed by atoms with van der Waals surface area (Å²) >= 11 is 0. The Bertz CT molecular complexity index is 854. The van der Waals surface area contributed by atoms with Gasteiger partial charge in [0.15, 0.2) is 0 Å². The zero-order valence-corrected chi connectivity index (χ0v) is 15.5. The highest BCUT2D eigenvalue weighted by atomic mass is 19.4. The smallest absolute Gasteiger partial charge is 0.416 e. The van der Waals surface area contributed by atoms with E-state index in [-0.39, 0.29) is 23.9 Å².